The number of benzene rings is 2. The van der Waals surface area contributed by atoms with Crippen LogP contribution in [0.15, 0.2) is 60.7 Å². The van der Waals surface area contributed by atoms with Crippen molar-refractivity contribution in [2.45, 2.75) is 20.3 Å². The number of nitrogens with one attached hydrogen (secondary N) is 1. The lowest BCUT2D eigenvalue weighted by molar-refractivity contribution is 0.0525. The zero-order valence-electron chi connectivity index (χ0n) is 17.3. The minimum atomic E-state index is -0.426. The highest BCUT2D eigenvalue weighted by molar-refractivity contribution is 5.96. The number of aromatic nitrogens is 3. The van der Waals surface area contributed by atoms with E-state index in [0.717, 1.165) is 16.9 Å². The van der Waals surface area contributed by atoms with Crippen LogP contribution in [-0.4, -0.2) is 27.1 Å². The van der Waals surface area contributed by atoms with Crippen molar-refractivity contribution in [2.24, 2.45) is 7.05 Å². The zero-order valence-corrected chi connectivity index (χ0v) is 17.3. The van der Waals surface area contributed by atoms with E-state index in [1.54, 1.807) is 6.92 Å². The number of hydrogen-bond donors (Lipinski definition) is 1. The SMILES string of the molecule is CCOC(=O)c1c(C)nc(Cc2cc3ccccc3n2C)nc1Nc1ccccc1. The standard InChI is InChI=1S/C24H24N4O2/c1-4-30-24(29)22-16(2)25-21(27-23(22)26-18-11-6-5-7-12-18)15-19-14-17-10-8-9-13-20(17)28(19)3/h5-14H,4,15H2,1-3H3,(H,25,26,27). The molecule has 0 radical (unpaired) electrons. The molecule has 0 aliphatic rings. The van der Waals surface area contributed by atoms with Gasteiger partial charge in [0.1, 0.15) is 17.2 Å². The number of ether oxygens (including phenoxy) is 1. The molecule has 0 atom stereocenters. The topological polar surface area (TPSA) is 69.0 Å². The molecule has 0 saturated heterocycles. The van der Waals surface area contributed by atoms with Gasteiger partial charge < -0.3 is 14.6 Å². The summed E-state index contributed by atoms with van der Waals surface area (Å²) in [6, 6.07) is 20.0. The number of rotatable bonds is 6. The van der Waals surface area contributed by atoms with E-state index in [1.807, 2.05) is 56.4 Å². The van der Waals surface area contributed by atoms with Crippen molar-refractivity contribution in [3.63, 3.8) is 0 Å². The summed E-state index contributed by atoms with van der Waals surface area (Å²) in [5.74, 6) is 0.676. The predicted octanol–water partition coefficient (Wildman–Crippen LogP) is 4.79. The van der Waals surface area contributed by atoms with Crippen LogP contribution in [0.4, 0.5) is 11.5 Å². The van der Waals surface area contributed by atoms with Gasteiger partial charge in [-0.1, -0.05) is 36.4 Å². The Morgan fingerprint density at radius 1 is 1.07 bits per heavy atom. The van der Waals surface area contributed by atoms with E-state index in [2.05, 4.69) is 33.1 Å². The minimum absolute atomic E-state index is 0.292. The molecule has 2 heterocycles. The monoisotopic (exact) mass is 400 g/mol. The van der Waals surface area contributed by atoms with E-state index < -0.39 is 5.97 Å². The van der Waals surface area contributed by atoms with Gasteiger partial charge in [-0.25, -0.2) is 14.8 Å². The molecule has 4 rings (SSSR count). The van der Waals surface area contributed by atoms with Crippen molar-refractivity contribution in [3.05, 3.63) is 83.4 Å². The maximum Gasteiger partial charge on any atom is 0.343 e. The average Bonchev–Trinajstić information content (AvgIpc) is 3.04. The number of carbonyl (C=O) groups is 1. The second kappa shape index (κ2) is 8.37. The molecular formula is C24H24N4O2. The van der Waals surface area contributed by atoms with Gasteiger partial charge in [0.25, 0.3) is 0 Å². The van der Waals surface area contributed by atoms with Gasteiger partial charge in [0, 0.05) is 30.4 Å². The Hall–Kier alpha value is -3.67. The van der Waals surface area contributed by atoms with E-state index >= 15 is 0 Å². The quantitative estimate of drug-likeness (QED) is 0.471. The molecular weight excluding hydrogens is 376 g/mol. The second-order valence-corrected chi connectivity index (χ2v) is 7.09. The normalized spacial score (nSPS) is 10.9. The van der Waals surface area contributed by atoms with E-state index in [1.165, 1.54) is 5.39 Å². The van der Waals surface area contributed by atoms with E-state index in [9.17, 15) is 4.79 Å². The van der Waals surface area contributed by atoms with E-state index in [-0.39, 0.29) is 0 Å². The number of fused-ring (bicyclic) bond motifs is 1. The molecule has 0 spiro atoms. The number of carbonyl (C=O) groups excluding carboxylic acids is 1. The molecule has 0 fully saturated rings. The van der Waals surface area contributed by atoms with Gasteiger partial charge in [-0.2, -0.15) is 0 Å². The van der Waals surface area contributed by atoms with Crippen molar-refractivity contribution in [1.82, 2.24) is 14.5 Å². The first kappa shape index (κ1) is 19.6. The van der Waals surface area contributed by atoms with Crippen LogP contribution >= 0.6 is 0 Å². The predicted molar refractivity (Wildman–Crippen MR) is 118 cm³/mol. The van der Waals surface area contributed by atoms with Crippen molar-refractivity contribution >= 4 is 28.4 Å². The fourth-order valence-corrected chi connectivity index (χ4v) is 3.58. The maximum atomic E-state index is 12.6. The molecule has 152 valence electrons. The Bertz CT molecular complexity index is 1200. The van der Waals surface area contributed by atoms with Crippen LogP contribution in [0.5, 0.6) is 0 Å². The first-order chi connectivity index (χ1) is 14.6. The van der Waals surface area contributed by atoms with Gasteiger partial charge in [0.2, 0.25) is 0 Å². The van der Waals surface area contributed by atoms with Gasteiger partial charge in [-0.3, -0.25) is 0 Å². The molecule has 0 bridgehead atoms. The van der Waals surface area contributed by atoms with Gasteiger partial charge in [-0.05, 0) is 43.5 Å². The Morgan fingerprint density at radius 3 is 2.53 bits per heavy atom. The summed E-state index contributed by atoms with van der Waals surface area (Å²) in [5, 5.41) is 4.44. The lowest BCUT2D eigenvalue weighted by Gasteiger charge is -2.14. The Labute approximate surface area is 175 Å². The first-order valence-corrected chi connectivity index (χ1v) is 9.97. The fraction of sp³-hybridized carbons (Fsp3) is 0.208. The van der Waals surface area contributed by atoms with Crippen molar-refractivity contribution in [1.29, 1.82) is 0 Å². The second-order valence-electron chi connectivity index (χ2n) is 7.09. The Kier molecular flexibility index (Phi) is 5.48. The fourth-order valence-electron chi connectivity index (χ4n) is 3.58. The van der Waals surface area contributed by atoms with Gasteiger partial charge in [-0.15, -0.1) is 0 Å². The summed E-state index contributed by atoms with van der Waals surface area (Å²) >= 11 is 0. The van der Waals surface area contributed by atoms with E-state index in [0.29, 0.717) is 35.9 Å². The number of anilines is 2. The van der Waals surface area contributed by atoms with Crippen LogP contribution < -0.4 is 5.32 Å². The highest BCUT2D eigenvalue weighted by atomic mass is 16.5. The molecule has 4 aromatic rings. The highest BCUT2D eigenvalue weighted by Crippen LogP contribution is 2.24. The molecule has 0 amide bonds. The van der Waals surface area contributed by atoms with Crippen LogP contribution in [0, 0.1) is 6.92 Å². The summed E-state index contributed by atoms with van der Waals surface area (Å²) in [7, 11) is 2.04. The highest BCUT2D eigenvalue weighted by Gasteiger charge is 2.21. The lowest BCUT2D eigenvalue weighted by atomic mass is 10.2. The molecule has 1 N–H and O–H groups in total. The molecule has 0 unspecified atom stereocenters. The Morgan fingerprint density at radius 2 is 1.80 bits per heavy atom. The van der Waals surface area contributed by atoms with E-state index in [4.69, 9.17) is 9.72 Å². The first-order valence-electron chi connectivity index (χ1n) is 9.97. The molecule has 30 heavy (non-hydrogen) atoms. The smallest absolute Gasteiger partial charge is 0.343 e. The molecule has 2 aromatic heterocycles. The third kappa shape index (κ3) is 3.89. The molecule has 6 heteroatoms. The molecule has 0 saturated carbocycles. The van der Waals surface area contributed by atoms with Crippen LogP contribution in [0.1, 0.15) is 34.5 Å². The minimum Gasteiger partial charge on any atom is -0.462 e. The molecule has 6 nitrogen and oxygen atoms in total. The van der Waals surface area contributed by atoms with Crippen LogP contribution in [0.3, 0.4) is 0 Å². The lowest BCUT2D eigenvalue weighted by Crippen LogP contribution is -2.15. The van der Waals surface area contributed by atoms with Gasteiger partial charge in [0.15, 0.2) is 0 Å². The summed E-state index contributed by atoms with van der Waals surface area (Å²) in [5.41, 5.74) is 4.06. The molecule has 0 aliphatic carbocycles. The summed E-state index contributed by atoms with van der Waals surface area (Å²) in [4.78, 5) is 21.9. The number of nitrogens with zero attached hydrogens (tertiary/aromatic N) is 3. The number of para-hydroxylation sites is 2. The van der Waals surface area contributed by atoms with Gasteiger partial charge in [0.05, 0.1) is 12.3 Å². The third-order valence-electron chi connectivity index (χ3n) is 5.04. The number of aryl methyl sites for hydroxylation is 2. The average molecular weight is 400 g/mol. The van der Waals surface area contributed by atoms with Crippen molar-refractivity contribution < 1.29 is 9.53 Å². The summed E-state index contributed by atoms with van der Waals surface area (Å²) < 4.78 is 7.39. The van der Waals surface area contributed by atoms with Crippen molar-refractivity contribution in [2.75, 3.05) is 11.9 Å². The molecule has 2 aromatic carbocycles. The zero-order chi connectivity index (χ0) is 21.1. The van der Waals surface area contributed by atoms with Crippen LogP contribution in [0.25, 0.3) is 10.9 Å². The summed E-state index contributed by atoms with van der Waals surface area (Å²) in [6.45, 7) is 3.89. The Balaban J connectivity index is 1.75. The van der Waals surface area contributed by atoms with Crippen molar-refractivity contribution in [3.8, 4) is 0 Å². The number of esters is 1. The van der Waals surface area contributed by atoms with Crippen LogP contribution in [-0.2, 0) is 18.2 Å². The summed E-state index contributed by atoms with van der Waals surface area (Å²) in [6.07, 6.45) is 0.554. The molecule has 0 aliphatic heterocycles. The third-order valence-corrected chi connectivity index (χ3v) is 5.04. The van der Waals surface area contributed by atoms with Crippen LogP contribution in [0.2, 0.25) is 0 Å². The van der Waals surface area contributed by atoms with Gasteiger partial charge >= 0.3 is 5.97 Å². The number of hydrogen-bond acceptors (Lipinski definition) is 5. The maximum absolute atomic E-state index is 12.6. The largest absolute Gasteiger partial charge is 0.462 e.